The summed E-state index contributed by atoms with van der Waals surface area (Å²) in [4.78, 5) is 6.20. The monoisotopic (exact) mass is 262 g/mol. The summed E-state index contributed by atoms with van der Waals surface area (Å²) in [6, 6.07) is 9.86. The standard InChI is InChI=1S/C14H15ClN2O/c1-10-3-5-12(6-4-10)17(2)14-13(15)7-11(9-18)8-16-14/h3-8,18H,9H2,1-2H3. The summed E-state index contributed by atoms with van der Waals surface area (Å²) in [6.07, 6.45) is 1.63. The molecular formula is C14H15ClN2O. The zero-order valence-corrected chi connectivity index (χ0v) is 11.1. The van der Waals surface area contributed by atoms with Gasteiger partial charge in [-0.1, -0.05) is 29.3 Å². The minimum Gasteiger partial charge on any atom is -0.392 e. The van der Waals surface area contributed by atoms with Crippen molar-refractivity contribution < 1.29 is 5.11 Å². The molecule has 1 N–H and O–H groups in total. The average Bonchev–Trinajstić information content (AvgIpc) is 2.38. The Bertz CT molecular complexity index is 540. The Hall–Kier alpha value is -1.58. The van der Waals surface area contributed by atoms with Gasteiger partial charge in [-0.3, -0.25) is 0 Å². The second kappa shape index (κ2) is 5.38. The van der Waals surface area contributed by atoms with Crippen LogP contribution in [0.4, 0.5) is 11.5 Å². The quantitative estimate of drug-likeness (QED) is 0.922. The van der Waals surface area contributed by atoms with E-state index >= 15 is 0 Å². The Balaban J connectivity index is 2.33. The summed E-state index contributed by atoms with van der Waals surface area (Å²) in [5.41, 5.74) is 2.94. The molecule has 0 bridgehead atoms. The molecule has 94 valence electrons. The van der Waals surface area contributed by atoms with Crippen LogP contribution in [0.5, 0.6) is 0 Å². The number of hydrogen-bond acceptors (Lipinski definition) is 3. The third kappa shape index (κ3) is 2.63. The van der Waals surface area contributed by atoms with E-state index in [0.29, 0.717) is 16.4 Å². The predicted octanol–water partition coefficient (Wildman–Crippen LogP) is 3.30. The molecule has 0 radical (unpaired) electrons. The van der Waals surface area contributed by atoms with Gasteiger partial charge < -0.3 is 10.0 Å². The lowest BCUT2D eigenvalue weighted by Gasteiger charge is -2.20. The highest BCUT2D eigenvalue weighted by atomic mass is 35.5. The number of anilines is 2. The number of benzene rings is 1. The molecule has 1 aromatic heterocycles. The van der Waals surface area contributed by atoms with E-state index in [0.717, 1.165) is 5.69 Å². The summed E-state index contributed by atoms with van der Waals surface area (Å²) < 4.78 is 0. The molecule has 2 rings (SSSR count). The summed E-state index contributed by atoms with van der Waals surface area (Å²) in [5, 5.41) is 9.56. The van der Waals surface area contributed by atoms with Crippen LogP contribution in [-0.4, -0.2) is 17.1 Å². The summed E-state index contributed by atoms with van der Waals surface area (Å²) in [5.74, 6) is 0.678. The fraction of sp³-hybridized carbons (Fsp3) is 0.214. The SMILES string of the molecule is Cc1ccc(N(C)c2ncc(CO)cc2Cl)cc1. The molecule has 0 fully saturated rings. The molecule has 0 aliphatic rings. The van der Waals surface area contributed by atoms with Crippen LogP contribution >= 0.6 is 11.6 Å². The van der Waals surface area contributed by atoms with Crippen molar-refractivity contribution in [1.29, 1.82) is 0 Å². The van der Waals surface area contributed by atoms with Gasteiger partial charge in [0.05, 0.1) is 11.6 Å². The first-order valence-corrected chi connectivity index (χ1v) is 6.05. The van der Waals surface area contributed by atoms with Crippen LogP contribution in [0.2, 0.25) is 5.02 Å². The summed E-state index contributed by atoms with van der Waals surface area (Å²) >= 11 is 6.17. The van der Waals surface area contributed by atoms with Crippen molar-refractivity contribution in [3.8, 4) is 0 Å². The number of rotatable bonds is 3. The molecule has 3 nitrogen and oxygen atoms in total. The third-order valence-electron chi connectivity index (χ3n) is 2.80. The lowest BCUT2D eigenvalue weighted by molar-refractivity contribution is 0.281. The molecule has 0 unspecified atom stereocenters. The normalized spacial score (nSPS) is 10.4. The zero-order valence-electron chi connectivity index (χ0n) is 10.4. The molecule has 0 saturated carbocycles. The van der Waals surface area contributed by atoms with Gasteiger partial charge in [0.2, 0.25) is 0 Å². The fourth-order valence-electron chi connectivity index (χ4n) is 1.69. The smallest absolute Gasteiger partial charge is 0.151 e. The molecule has 1 aromatic carbocycles. The zero-order chi connectivity index (χ0) is 13.1. The van der Waals surface area contributed by atoms with Gasteiger partial charge in [-0.05, 0) is 30.7 Å². The Morgan fingerprint density at radius 3 is 2.50 bits per heavy atom. The average molecular weight is 263 g/mol. The molecule has 0 atom stereocenters. The van der Waals surface area contributed by atoms with Gasteiger partial charge in [-0.15, -0.1) is 0 Å². The molecule has 0 saturated heterocycles. The Kier molecular flexibility index (Phi) is 3.84. The highest BCUT2D eigenvalue weighted by Gasteiger charge is 2.10. The van der Waals surface area contributed by atoms with Crippen LogP contribution in [-0.2, 0) is 6.61 Å². The second-order valence-electron chi connectivity index (χ2n) is 4.20. The number of aryl methyl sites for hydroxylation is 1. The molecule has 4 heteroatoms. The number of nitrogens with zero attached hydrogens (tertiary/aromatic N) is 2. The molecule has 1 heterocycles. The van der Waals surface area contributed by atoms with E-state index < -0.39 is 0 Å². The van der Waals surface area contributed by atoms with Crippen LogP contribution < -0.4 is 4.90 Å². The number of aliphatic hydroxyl groups is 1. The Morgan fingerprint density at radius 2 is 1.94 bits per heavy atom. The van der Waals surface area contributed by atoms with E-state index in [1.165, 1.54) is 5.56 Å². The predicted molar refractivity (Wildman–Crippen MR) is 74.4 cm³/mol. The maximum absolute atomic E-state index is 9.03. The topological polar surface area (TPSA) is 36.4 Å². The number of aromatic nitrogens is 1. The summed E-state index contributed by atoms with van der Waals surface area (Å²) in [7, 11) is 1.91. The number of pyridine rings is 1. The van der Waals surface area contributed by atoms with E-state index in [2.05, 4.69) is 4.98 Å². The van der Waals surface area contributed by atoms with Crippen LogP contribution in [0.3, 0.4) is 0 Å². The molecule has 0 aliphatic heterocycles. The number of aliphatic hydroxyl groups excluding tert-OH is 1. The first kappa shape index (κ1) is 12.9. The van der Waals surface area contributed by atoms with Crippen LogP contribution in [0.25, 0.3) is 0 Å². The highest BCUT2D eigenvalue weighted by molar-refractivity contribution is 6.33. The largest absolute Gasteiger partial charge is 0.392 e. The highest BCUT2D eigenvalue weighted by Crippen LogP contribution is 2.29. The van der Waals surface area contributed by atoms with Crippen molar-refractivity contribution >= 4 is 23.1 Å². The first-order valence-electron chi connectivity index (χ1n) is 5.67. The lowest BCUT2D eigenvalue weighted by atomic mass is 10.2. The van der Waals surface area contributed by atoms with Crippen molar-refractivity contribution in [2.75, 3.05) is 11.9 Å². The van der Waals surface area contributed by atoms with E-state index in [9.17, 15) is 0 Å². The van der Waals surface area contributed by atoms with Gasteiger partial charge in [-0.2, -0.15) is 0 Å². The van der Waals surface area contributed by atoms with Crippen molar-refractivity contribution in [3.05, 3.63) is 52.7 Å². The lowest BCUT2D eigenvalue weighted by Crippen LogP contribution is -2.12. The van der Waals surface area contributed by atoms with Gasteiger partial charge in [0.1, 0.15) is 0 Å². The van der Waals surface area contributed by atoms with Crippen LogP contribution in [0.15, 0.2) is 36.5 Å². The van der Waals surface area contributed by atoms with Crippen LogP contribution in [0.1, 0.15) is 11.1 Å². The first-order chi connectivity index (χ1) is 8.61. The molecular weight excluding hydrogens is 248 g/mol. The van der Waals surface area contributed by atoms with E-state index in [-0.39, 0.29) is 6.61 Å². The third-order valence-corrected chi connectivity index (χ3v) is 3.08. The van der Waals surface area contributed by atoms with E-state index in [1.54, 1.807) is 12.3 Å². The van der Waals surface area contributed by atoms with Crippen molar-refractivity contribution in [2.24, 2.45) is 0 Å². The maximum Gasteiger partial charge on any atom is 0.151 e. The minimum absolute atomic E-state index is 0.0543. The van der Waals surface area contributed by atoms with Gasteiger partial charge in [0, 0.05) is 18.9 Å². The van der Waals surface area contributed by atoms with Crippen LogP contribution in [0, 0.1) is 6.92 Å². The van der Waals surface area contributed by atoms with Gasteiger partial charge in [0.25, 0.3) is 0 Å². The van der Waals surface area contributed by atoms with Gasteiger partial charge in [0.15, 0.2) is 5.82 Å². The summed E-state index contributed by atoms with van der Waals surface area (Å²) in [6.45, 7) is 1.99. The fourth-order valence-corrected chi connectivity index (χ4v) is 2.01. The second-order valence-corrected chi connectivity index (χ2v) is 4.61. The van der Waals surface area contributed by atoms with Crippen molar-refractivity contribution in [3.63, 3.8) is 0 Å². The van der Waals surface area contributed by atoms with E-state index in [4.69, 9.17) is 16.7 Å². The minimum atomic E-state index is -0.0543. The van der Waals surface area contributed by atoms with E-state index in [1.807, 2.05) is 43.1 Å². The number of halogens is 1. The molecule has 2 aromatic rings. The molecule has 0 amide bonds. The van der Waals surface area contributed by atoms with Gasteiger partial charge >= 0.3 is 0 Å². The van der Waals surface area contributed by atoms with Crippen molar-refractivity contribution in [1.82, 2.24) is 4.98 Å². The van der Waals surface area contributed by atoms with Crippen molar-refractivity contribution in [2.45, 2.75) is 13.5 Å². The molecule has 0 spiro atoms. The van der Waals surface area contributed by atoms with Gasteiger partial charge in [-0.25, -0.2) is 4.98 Å². The molecule has 18 heavy (non-hydrogen) atoms. The Labute approximate surface area is 112 Å². The Morgan fingerprint density at radius 1 is 1.28 bits per heavy atom. The molecule has 0 aliphatic carbocycles. The number of hydrogen-bond donors (Lipinski definition) is 1. The maximum atomic E-state index is 9.03.